The van der Waals surface area contributed by atoms with E-state index in [1.807, 2.05) is 12.1 Å². The van der Waals surface area contributed by atoms with Gasteiger partial charge in [-0.05, 0) is 37.6 Å². The third kappa shape index (κ3) is 4.81. The second-order valence-corrected chi connectivity index (χ2v) is 6.31. The summed E-state index contributed by atoms with van der Waals surface area (Å²) in [6.45, 7) is 3.83. The van der Waals surface area contributed by atoms with Gasteiger partial charge >= 0.3 is 0 Å². The van der Waals surface area contributed by atoms with Gasteiger partial charge in [-0.25, -0.2) is 0 Å². The molecule has 2 aromatic rings. The van der Waals surface area contributed by atoms with Crippen molar-refractivity contribution in [2.45, 2.75) is 31.8 Å². The van der Waals surface area contributed by atoms with Gasteiger partial charge in [-0.1, -0.05) is 48.5 Å². The van der Waals surface area contributed by atoms with Crippen LogP contribution in [0, 0.1) is 0 Å². The van der Waals surface area contributed by atoms with Crippen molar-refractivity contribution < 1.29 is 4.74 Å². The van der Waals surface area contributed by atoms with Crippen molar-refractivity contribution in [2.24, 2.45) is 5.73 Å². The first-order valence-electron chi connectivity index (χ1n) is 8.54. The highest BCUT2D eigenvalue weighted by Gasteiger charge is 2.17. The maximum atomic E-state index is 6.05. The Hall–Kier alpha value is -1.84. The zero-order valence-electron chi connectivity index (χ0n) is 13.7. The quantitative estimate of drug-likeness (QED) is 0.890. The largest absolute Gasteiger partial charge is 0.493 e. The molecule has 0 spiro atoms. The van der Waals surface area contributed by atoms with Crippen molar-refractivity contribution in [3.8, 4) is 5.75 Å². The Kier molecular flexibility index (Phi) is 5.67. The summed E-state index contributed by atoms with van der Waals surface area (Å²) in [7, 11) is 0. The van der Waals surface area contributed by atoms with E-state index in [2.05, 4.69) is 47.4 Å². The van der Waals surface area contributed by atoms with Crippen LogP contribution in [-0.2, 0) is 13.0 Å². The summed E-state index contributed by atoms with van der Waals surface area (Å²) in [6.07, 6.45) is 3.13. The first-order valence-corrected chi connectivity index (χ1v) is 8.54. The molecule has 0 unspecified atom stereocenters. The van der Waals surface area contributed by atoms with Gasteiger partial charge in [0, 0.05) is 24.6 Å². The Labute approximate surface area is 139 Å². The lowest BCUT2D eigenvalue weighted by Gasteiger charge is -2.30. The Morgan fingerprint density at radius 3 is 2.43 bits per heavy atom. The highest BCUT2D eigenvalue weighted by atomic mass is 16.5. The lowest BCUT2D eigenvalue weighted by molar-refractivity contribution is 0.202. The predicted octanol–water partition coefficient (Wildman–Crippen LogP) is 3.23. The summed E-state index contributed by atoms with van der Waals surface area (Å²) < 4.78 is 6.05. The molecule has 3 nitrogen and oxygen atoms in total. The van der Waals surface area contributed by atoms with Crippen LogP contribution >= 0.6 is 0 Å². The minimum absolute atomic E-state index is 0.378. The molecule has 0 bridgehead atoms. The monoisotopic (exact) mass is 310 g/mol. The van der Waals surface area contributed by atoms with Crippen LogP contribution in [0.3, 0.4) is 0 Å². The minimum Gasteiger partial charge on any atom is -0.493 e. The molecular formula is C20H26N2O. The SMILES string of the molecule is NC1CCN(Cc2ccccc2OCCc2ccccc2)CC1. The number of hydrogen-bond donors (Lipinski definition) is 1. The second-order valence-electron chi connectivity index (χ2n) is 6.31. The number of rotatable bonds is 6. The lowest BCUT2D eigenvalue weighted by atomic mass is 10.1. The van der Waals surface area contributed by atoms with Crippen molar-refractivity contribution in [2.75, 3.05) is 19.7 Å². The number of piperidine rings is 1. The van der Waals surface area contributed by atoms with Crippen molar-refractivity contribution >= 4 is 0 Å². The molecule has 2 N–H and O–H groups in total. The van der Waals surface area contributed by atoms with E-state index in [0.29, 0.717) is 12.6 Å². The Morgan fingerprint density at radius 1 is 0.957 bits per heavy atom. The van der Waals surface area contributed by atoms with Gasteiger partial charge in [0.2, 0.25) is 0 Å². The Bertz CT molecular complexity index is 592. The van der Waals surface area contributed by atoms with Gasteiger partial charge in [-0.15, -0.1) is 0 Å². The molecule has 23 heavy (non-hydrogen) atoms. The van der Waals surface area contributed by atoms with Crippen molar-refractivity contribution in [1.29, 1.82) is 0 Å². The lowest BCUT2D eigenvalue weighted by Crippen LogP contribution is -2.39. The van der Waals surface area contributed by atoms with E-state index >= 15 is 0 Å². The fourth-order valence-electron chi connectivity index (χ4n) is 3.05. The number of hydrogen-bond acceptors (Lipinski definition) is 3. The van der Waals surface area contributed by atoms with Gasteiger partial charge in [0.25, 0.3) is 0 Å². The van der Waals surface area contributed by atoms with Crippen LogP contribution in [0.2, 0.25) is 0 Å². The van der Waals surface area contributed by atoms with Gasteiger partial charge in [-0.3, -0.25) is 4.90 Å². The third-order valence-electron chi connectivity index (χ3n) is 4.49. The number of likely N-dealkylation sites (tertiary alicyclic amines) is 1. The molecule has 1 saturated heterocycles. The molecule has 0 amide bonds. The zero-order chi connectivity index (χ0) is 15.9. The molecule has 122 valence electrons. The van der Waals surface area contributed by atoms with Crippen LogP contribution in [0.4, 0.5) is 0 Å². The van der Waals surface area contributed by atoms with Gasteiger partial charge in [-0.2, -0.15) is 0 Å². The molecule has 1 aliphatic rings. The normalized spacial score (nSPS) is 16.4. The fraction of sp³-hybridized carbons (Fsp3) is 0.400. The third-order valence-corrected chi connectivity index (χ3v) is 4.49. The van der Waals surface area contributed by atoms with E-state index < -0.39 is 0 Å². The number of nitrogens with zero attached hydrogens (tertiary/aromatic N) is 1. The van der Waals surface area contributed by atoms with Gasteiger partial charge in [0.05, 0.1) is 6.61 Å². The first-order chi connectivity index (χ1) is 11.3. The van der Waals surface area contributed by atoms with Crippen molar-refractivity contribution in [3.63, 3.8) is 0 Å². The average molecular weight is 310 g/mol. The molecular weight excluding hydrogens is 284 g/mol. The molecule has 0 radical (unpaired) electrons. The van der Waals surface area contributed by atoms with Gasteiger partial charge in [0.15, 0.2) is 0 Å². The van der Waals surface area contributed by atoms with Gasteiger partial charge in [0.1, 0.15) is 5.75 Å². The molecule has 0 aliphatic carbocycles. The Morgan fingerprint density at radius 2 is 1.65 bits per heavy atom. The zero-order valence-corrected chi connectivity index (χ0v) is 13.7. The predicted molar refractivity (Wildman–Crippen MR) is 94.6 cm³/mol. The molecule has 3 heteroatoms. The summed E-state index contributed by atoms with van der Waals surface area (Å²) >= 11 is 0. The van der Waals surface area contributed by atoms with E-state index in [1.165, 1.54) is 11.1 Å². The number of benzene rings is 2. The van der Waals surface area contributed by atoms with Crippen LogP contribution in [0.25, 0.3) is 0 Å². The molecule has 1 fully saturated rings. The smallest absolute Gasteiger partial charge is 0.123 e. The van der Waals surface area contributed by atoms with E-state index in [0.717, 1.165) is 44.6 Å². The van der Waals surface area contributed by atoms with Crippen molar-refractivity contribution in [3.05, 3.63) is 65.7 Å². The molecule has 0 saturated carbocycles. The standard InChI is InChI=1S/C20H26N2O/c21-19-10-13-22(14-11-19)16-18-8-4-5-9-20(18)23-15-12-17-6-2-1-3-7-17/h1-9,19H,10-16,21H2. The van der Waals surface area contributed by atoms with E-state index in [1.54, 1.807) is 0 Å². The number of ether oxygens (including phenoxy) is 1. The summed E-state index contributed by atoms with van der Waals surface area (Å²) in [4.78, 5) is 2.47. The topological polar surface area (TPSA) is 38.5 Å². The fourth-order valence-corrected chi connectivity index (χ4v) is 3.05. The molecule has 2 aromatic carbocycles. The maximum absolute atomic E-state index is 6.05. The van der Waals surface area contributed by atoms with Crippen molar-refractivity contribution in [1.82, 2.24) is 4.90 Å². The van der Waals surface area contributed by atoms with Gasteiger partial charge < -0.3 is 10.5 Å². The number of nitrogens with two attached hydrogens (primary N) is 1. The van der Waals surface area contributed by atoms with Crippen LogP contribution in [0.15, 0.2) is 54.6 Å². The molecule has 3 rings (SSSR count). The molecule has 0 aromatic heterocycles. The summed E-state index contributed by atoms with van der Waals surface area (Å²) in [5.74, 6) is 1.01. The highest BCUT2D eigenvalue weighted by molar-refractivity contribution is 5.33. The van der Waals surface area contributed by atoms with E-state index in [-0.39, 0.29) is 0 Å². The second kappa shape index (κ2) is 8.14. The van der Waals surface area contributed by atoms with Crippen LogP contribution in [0.5, 0.6) is 5.75 Å². The van der Waals surface area contributed by atoms with E-state index in [9.17, 15) is 0 Å². The maximum Gasteiger partial charge on any atom is 0.123 e. The average Bonchev–Trinajstić information content (AvgIpc) is 2.59. The van der Waals surface area contributed by atoms with Crippen LogP contribution in [-0.4, -0.2) is 30.6 Å². The molecule has 0 atom stereocenters. The van der Waals surface area contributed by atoms with Crippen LogP contribution in [0.1, 0.15) is 24.0 Å². The molecule has 1 aliphatic heterocycles. The van der Waals surface area contributed by atoms with E-state index in [4.69, 9.17) is 10.5 Å². The summed E-state index contributed by atoms with van der Waals surface area (Å²) in [6, 6.07) is 19.3. The molecule has 1 heterocycles. The number of para-hydroxylation sites is 1. The Balaban J connectivity index is 1.55. The minimum atomic E-state index is 0.378. The highest BCUT2D eigenvalue weighted by Crippen LogP contribution is 2.22. The summed E-state index contributed by atoms with van der Waals surface area (Å²) in [5, 5.41) is 0. The summed E-state index contributed by atoms with van der Waals surface area (Å²) in [5.41, 5.74) is 8.58. The first kappa shape index (κ1) is 16.0. The van der Waals surface area contributed by atoms with Crippen LogP contribution < -0.4 is 10.5 Å².